The third kappa shape index (κ3) is 3.42. The number of aliphatic hydroxyl groups excluding tert-OH is 1. The molecule has 1 atom stereocenters. The van der Waals surface area contributed by atoms with Crippen LogP contribution < -0.4 is 0 Å². The fourth-order valence-corrected chi connectivity index (χ4v) is 4.46. The molecule has 3 aromatic carbocycles. The number of alkyl halides is 3. The highest BCUT2D eigenvalue weighted by atomic mass is 19.4. The SMILES string of the molecule is Cc1ccc2c(c1)c1cc(C(=O)N3CCC(O)C3)ccc1n2-c1ccc(C(F)(F)F)cc1. The average Bonchev–Trinajstić information content (AvgIpc) is 3.33. The van der Waals surface area contributed by atoms with Crippen LogP contribution >= 0.6 is 0 Å². The van der Waals surface area contributed by atoms with Crippen LogP contribution in [0.25, 0.3) is 27.5 Å². The van der Waals surface area contributed by atoms with Gasteiger partial charge in [-0.1, -0.05) is 11.6 Å². The fourth-order valence-electron chi connectivity index (χ4n) is 4.46. The lowest BCUT2D eigenvalue weighted by molar-refractivity contribution is -0.137. The number of carbonyl (C=O) groups is 1. The van der Waals surface area contributed by atoms with Crippen LogP contribution in [0.5, 0.6) is 0 Å². The molecule has 4 aromatic rings. The molecule has 0 saturated carbocycles. The van der Waals surface area contributed by atoms with Gasteiger partial charge in [0.25, 0.3) is 5.91 Å². The number of hydrogen-bond acceptors (Lipinski definition) is 2. The second-order valence-electron chi connectivity index (χ2n) is 8.33. The molecule has 2 heterocycles. The molecule has 7 heteroatoms. The summed E-state index contributed by atoms with van der Waals surface area (Å²) in [5, 5.41) is 11.6. The van der Waals surface area contributed by atoms with E-state index in [0.717, 1.165) is 39.5 Å². The summed E-state index contributed by atoms with van der Waals surface area (Å²) in [5.41, 5.74) is 3.15. The Morgan fingerprint density at radius 3 is 2.25 bits per heavy atom. The van der Waals surface area contributed by atoms with Gasteiger partial charge in [0.05, 0.1) is 22.7 Å². The number of rotatable bonds is 2. The summed E-state index contributed by atoms with van der Waals surface area (Å²) in [6, 6.07) is 16.4. The number of aromatic nitrogens is 1. The molecule has 0 bridgehead atoms. The molecule has 1 amide bonds. The van der Waals surface area contributed by atoms with Gasteiger partial charge >= 0.3 is 6.18 Å². The highest BCUT2D eigenvalue weighted by molar-refractivity contribution is 6.11. The van der Waals surface area contributed by atoms with Crippen molar-refractivity contribution in [2.75, 3.05) is 13.1 Å². The zero-order valence-corrected chi connectivity index (χ0v) is 17.4. The number of carbonyl (C=O) groups excluding carboxylic acids is 1. The first-order valence-electron chi connectivity index (χ1n) is 10.4. The van der Waals surface area contributed by atoms with Crippen molar-refractivity contribution in [2.24, 2.45) is 0 Å². The van der Waals surface area contributed by atoms with Crippen molar-refractivity contribution in [1.29, 1.82) is 0 Å². The predicted octanol–water partition coefficient (Wildman–Crippen LogP) is 5.32. The summed E-state index contributed by atoms with van der Waals surface area (Å²) in [7, 11) is 0. The van der Waals surface area contributed by atoms with Crippen molar-refractivity contribution >= 4 is 27.7 Å². The van der Waals surface area contributed by atoms with Crippen molar-refractivity contribution in [1.82, 2.24) is 9.47 Å². The van der Waals surface area contributed by atoms with Crippen LogP contribution in [-0.4, -0.2) is 39.7 Å². The lowest BCUT2D eigenvalue weighted by Gasteiger charge is -2.15. The first kappa shape index (κ1) is 20.6. The van der Waals surface area contributed by atoms with E-state index in [1.807, 2.05) is 41.8 Å². The number of halogens is 3. The first-order chi connectivity index (χ1) is 15.2. The third-order valence-corrected chi connectivity index (χ3v) is 6.07. The van der Waals surface area contributed by atoms with Crippen LogP contribution in [0.1, 0.15) is 27.9 Å². The minimum Gasteiger partial charge on any atom is -0.391 e. The first-order valence-corrected chi connectivity index (χ1v) is 10.4. The Balaban J connectivity index is 1.67. The van der Waals surface area contributed by atoms with Gasteiger partial charge in [-0.3, -0.25) is 4.79 Å². The quantitative estimate of drug-likeness (QED) is 0.461. The molecular formula is C25H21F3N2O2. The van der Waals surface area contributed by atoms with Crippen molar-refractivity contribution in [3.05, 3.63) is 77.4 Å². The number of nitrogens with zero attached hydrogens (tertiary/aromatic N) is 2. The number of aryl methyl sites for hydroxylation is 1. The van der Waals surface area contributed by atoms with Crippen LogP contribution in [-0.2, 0) is 6.18 Å². The lowest BCUT2D eigenvalue weighted by atomic mass is 10.1. The van der Waals surface area contributed by atoms with Gasteiger partial charge < -0.3 is 14.6 Å². The zero-order chi connectivity index (χ0) is 22.6. The summed E-state index contributed by atoms with van der Waals surface area (Å²) < 4.78 is 41.0. The van der Waals surface area contributed by atoms with E-state index in [0.29, 0.717) is 30.8 Å². The Morgan fingerprint density at radius 1 is 0.969 bits per heavy atom. The maximum atomic E-state index is 13.0. The average molecular weight is 438 g/mol. The second kappa shape index (κ2) is 7.38. The smallest absolute Gasteiger partial charge is 0.391 e. The normalized spacial score (nSPS) is 16.9. The van der Waals surface area contributed by atoms with Crippen LogP contribution in [0.15, 0.2) is 60.7 Å². The largest absolute Gasteiger partial charge is 0.416 e. The van der Waals surface area contributed by atoms with Crippen molar-refractivity contribution < 1.29 is 23.1 Å². The number of aliphatic hydroxyl groups is 1. The van der Waals surface area contributed by atoms with E-state index in [4.69, 9.17) is 0 Å². The molecular weight excluding hydrogens is 417 g/mol. The topological polar surface area (TPSA) is 45.5 Å². The maximum absolute atomic E-state index is 13.0. The molecule has 32 heavy (non-hydrogen) atoms. The Morgan fingerprint density at radius 2 is 1.62 bits per heavy atom. The molecule has 1 N–H and O–H groups in total. The van der Waals surface area contributed by atoms with Gasteiger partial charge in [-0.2, -0.15) is 13.2 Å². The summed E-state index contributed by atoms with van der Waals surface area (Å²) in [4.78, 5) is 14.6. The highest BCUT2D eigenvalue weighted by Crippen LogP contribution is 2.35. The molecule has 1 fully saturated rings. The molecule has 1 unspecified atom stereocenters. The zero-order valence-electron chi connectivity index (χ0n) is 17.4. The molecule has 5 rings (SSSR count). The Bertz CT molecular complexity index is 1340. The Kier molecular flexibility index (Phi) is 4.74. The molecule has 1 aliphatic heterocycles. The van der Waals surface area contributed by atoms with Crippen molar-refractivity contribution in [3.8, 4) is 5.69 Å². The van der Waals surface area contributed by atoms with E-state index in [9.17, 15) is 23.1 Å². The summed E-state index contributed by atoms with van der Waals surface area (Å²) in [5.74, 6) is -0.133. The van der Waals surface area contributed by atoms with Gasteiger partial charge in [0, 0.05) is 35.1 Å². The van der Waals surface area contributed by atoms with Crippen LogP contribution in [0, 0.1) is 6.92 Å². The van der Waals surface area contributed by atoms with Crippen molar-refractivity contribution in [2.45, 2.75) is 25.6 Å². The van der Waals surface area contributed by atoms with E-state index < -0.39 is 17.8 Å². The highest BCUT2D eigenvalue weighted by Gasteiger charge is 2.30. The van der Waals surface area contributed by atoms with E-state index in [1.165, 1.54) is 12.1 Å². The van der Waals surface area contributed by atoms with E-state index in [-0.39, 0.29) is 5.91 Å². The number of benzene rings is 3. The molecule has 164 valence electrons. The summed E-state index contributed by atoms with van der Waals surface area (Å²) >= 11 is 0. The molecule has 1 aromatic heterocycles. The molecule has 1 aliphatic rings. The number of fused-ring (bicyclic) bond motifs is 3. The minimum atomic E-state index is -4.39. The molecule has 0 aliphatic carbocycles. The summed E-state index contributed by atoms with van der Waals surface area (Å²) in [6.45, 7) is 2.81. The summed E-state index contributed by atoms with van der Waals surface area (Å²) in [6.07, 6.45) is -4.32. The van der Waals surface area contributed by atoms with E-state index in [2.05, 4.69) is 0 Å². The van der Waals surface area contributed by atoms with Gasteiger partial charge in [-0.25, -0.2) is 0 Å². The van der Waals surface area contributed by atoms with E-state index in [1.54, 1.807) is 11.0 Å². The number of amides is 1. The maximum Gasteiger partial charge on any atom is 0.416 e. The lowest BCUT2D eigenvalue weighted by Crippen LogP contribution is -2.29. The molecule has 0 radical (unpaired) electrons. The number of hydrogen-bond donors (Lipinski definition) is 1. The number of likely N-dealkylation sites (tertiary alicyclic amines) is 1. The van der Waals surface area contributed by atoms with E-state index >= 15 is 0 Å². The standard InChI is InChI=1S/C25H21F3N2O2/c1-15-2-8-22-20(12-15)21-13-16(24(32)29-11-10-19(31)14-29)3-9-23(21)30(22)18-6-4-17(5-7-18)25(26,27)28/h2-9,12-13,19,31H,10-11,14H2,1H3. The second-order valence-corrected chi connectivity index (χ2v) is 8.33. The third-order valence-electron chi connectivity index (χ3n) is 6.07. The van der Waals surface area contributed by atoms with Gasteiger partial charge in [0.2, 0.25) is 0 Å². The van der Waals surface area contributed by atoms with Gasteiger partial charge in [0.15, 0.2) is 0 Å². The van der Waals surface area contributed by atoms with Gasteiger partial charge in [0.1, 0.15) is 0 Å². The molecule has 0 spiro atoms. The number of β-amino-alcohol motifs (C(OH)–C–C–N with tert-alkyl or cyclic N) is 1. The Labute approximate surface area is 182 Å². The van der Waals surface area contributed by atoms with Crippen LogP contribution in [0.4, 0.5) is 13.2 Å². The fraction of sp³-hybridized carbons (Fsp3) is 0.240. The monoisotopic (exact) mass is 438 g/mol. The van der Waals surface area contributed by atoms with Crippen LogP contribution in [0.3, 0.4) is 0 Å². The Hall–Kier alpha value is -3.32. The van der Waals surface area contributed by atoms with Crippen molar-refractivity contribution in [3.63, 3.8) is 0 Å². The molecule has 1 saturated heterocycles. The van der Waals surface area contributed by atoms with Gasteiger partial charge in [-0.15, -0.1) is 0 Å². The molecule has 4 nitrogen and oxygen atoms in total. The van der Waals surface area contributed by atoms with Crippen LogP contribution in [0.2, 0.25) is 0 Å². The van der Waals surface area contributed by atoms with Gasteiger partial charge in [-0.05, 0) is 67.9 Å². The minimum absolute atomic E-state index is 0.133. The predicted molar refractivity (Wildman–Crippen MR) is 117 cm³/mol.